The van der Waals surface area contributed by atoms with E-state index in [1.807, 2.05) is 12.1 Å². The number of carbonyl (C=O) groups excluding carboxylic acids is 1. The summed E-state index contributed by atoms with van der Waals surface area (Å²) in [5.41, 5.74) is 1.78. The quantitative estimate of drug-likeness (QED) is 0.748. The molecule has 0 saturated carbocycles. The zero-order valence-corrected chi connectivity index (χ0v) is 12.3. The molecule has 20 heavy (non-hydrogen) atoms. The van der Waals surface area contributed by atoms with E-state index in [2.05, 4.69) is 4.90 Å². The SMILES string of the molecule is COCC1CCCN(Cc2cc(C=O)ccc2OC)C1. The summed E-state index contributed by atoms with van der Waals surface area (Å²) in [6.07, 6.45) is 3.31. The number of rotatable bonds is 6. The molecule has 0 aromatic heterocycles. The predicted molar refractivity (Wildman–Crippen MR) is 78.3 cm³/mol. The molecule has 2 rings (SSSR count). The van der Waals surface area contributed by atoms with E-state index in [0.29, 0.717) is 11.5 Å². The minimum absolute atomic E-state index is 0.606. The Morgan fingerprint density at radius 3 is 2.95 bits per heavy atom. The molecule has 0 radical (unpaired) electrons. The van der Waals surface area contributed by atoms with Crippen LogP contribution in [-0.2, 0) is 11.3 Å². The van der Waals surface area contributed by atoms with Gasteiger partial charge in [0.15, 0.2) is 0 Å². The van der Waals surface area contributed by atoms with Gasteiger partial charge in [-0.25, -0.2) is 0 Å². The van der Waals surface area contributed by atoms with Gasteiger partial charge in [0.1, 0.15) is 12.0 Å². The number of piperidine rings is 1. The van der Waals surface area contributed by atoms with Crippen molar-refractivity contribution in [2.24, 2.45) is 5.92 Å². The van der Waals surface area contributed by atoms with Gasteiger partial charge in [0.25, 0.3) is 0 Å². The van der Waals surface area contributed by atoms with Crippen molar-refractivity contribution >= 4 is 6.29 Å². The zero-order valence-electron chi connectivity index (χ0n) is 12.3. The summed E-state index contributed by atoms with van der Waals surface area (Å²) in [5, 5.41) is 0. The van der Waals surface area contributed by atoms with Crippen molar-refractivity contribution in [1.82, 2.24) is 4.90 Å². The molecule has 1 aromatic rings. The van der Waals surface area contributed by atoms with Crippen LogP contribution in [0.3, 0.4) is 0 Å². The van der Waals surface area contributed by atoms with Gasteiger partial charge in [-0.05, 0) is 43.5 Å². The van der Waals surface area contributed by atoms with Crippen LogP contribution in [0.1, 0.15) is 28.8 Å². The number of carbonyl (C=O) groups is 1. The summed E-state index contributed by atoms with van der Waals surface area (Å²) in [6, 6.07) is 5.58. The minimum Gasteiger partial charge on any atom is -0.496 e. The van der Waals surface area contributed by atoms with Gasteiger partial charge in [-0.1, -0.05) is 0 Å². The molecular formula is C16H23NO3. The van der Waals surface area contributed by atoms with Gasteiger partial charge in [-0.3, -0.25) is 9.69 Å². The van der Waals surface area contributed by atoms with Crippen LogP contribution in [0.5, 0.6) is 5.75 Å². The van der Waals surface area contributed by atoms with Crippen LogP contribution in [0.15, 0.2) is 18.2 Å². The molecule has 4 nitrogen and oxygen atoms in total. The standard InChI is InChI=1S/C16H23NO3/c1-19-12-14-4-3-7-17(9-14)10-15-8-13(11-18)5-6-16(15)20-2/h5-6,8,11,14H,3-4,7,9-10,12H2,1-2H3. The van der Waals surface area contributed by atoms with Crippen LogP contribution in [0.25, 0.3) is 0 Å². The molecule has 1 unspecified atom stereocenters. The Bertz CT molecular complexity index is 445. The Labute approximate surface area is 120 Å². The number of likely N-dealkylation sites (tertiary alicyclic amines) is 1. The molecule has 1 heterocycles. The van der Waals surface area contributed by atoms with Crippen molar-refractivity contribution in [3.05, 3.63) is 29.3 Å². The fraction of sp³-hybridized carbons (Fsp3) is 0.562. The van der Waals surface area contributed by atoms with E-state index >= 15 is 0 Å². The highest BCUT2D eigenvalue weighted by Gasteiger charge is 2.20. The molecule has 1 aliphatic heterocycles. The van der Waals surface area contributed by atoms with Crippen molar-refractivity contribution in [2.45, 2.75) is 19.4 Å². The normalized spacial score (nSPS) is 19.8. The fourth-order valence-corrected chi connectivity index (χ4v) is 2.90. The maximum Gasteiger partial charge on any atom is 0.150 e. The van der Waals surface area contributed by atoms with Gasteiger partial charge >= 0.3 is 0 Å². The van der Waals surface area contributed by atoms with E-state index < -0.39 is 0 Å². The number of nitrogens with zero attached hydrogens (tertiary/aromatic N) is 1. The number of hydrogen-bond donors (Lipinski definition) is 0. The fourth-order valence-electron chi connectivity index (χ4n) is 2.90. The highest BCUT2D eigenvalue weighted by molar-refractivity contribution is 5.75. The molecule has 110 valence electrons. The second-order valence-electron chi connectivity index (χ2n) is 5.39. The third-order valence-electron chi connectivity index (χ3n) is 3.84. The number of methoxy groups -OCH3 is 2. The number of ether oxygens (including phenoxy) is 2. The predicted octanol–water partition coefficient (Wildman–Crippen LogP) is 2.37. The summed E-state index contributed by atoms with van der Waals surface area (Å²) >= 11 is 0. The second-order valence-corrected chi connectivity index (χ2v) is 5.39. The molecule has 1 fully saturated rings. The number of aldehydes is 1. The van der Waals surface area contributed by atoms with Crippen LogP contribution >= 0.6 is 0 Å². The van der Waals surface area contributed by atoms with Gasteiger partial charge in [0, 0.05) is 31.3 Å². The first-order valence-electron chi connectivity index (χ1n) is 7.10. The molecule has 4 heteroatoms. The third-order valence-corrected chi connectivity index (χ3v) is 3.84. The molecule has 0 aliphatic carbocycles. The van der Waals surface area contributed by atoms with Gasteiger partial charge in [-0.15, -0.1) is 0 Å². The molecule has 0 N–H and O–H groups in total. The monoisotopic (exact) mass is 277 g/mol. The molecular weight excluding hydrogens is 254 g/mol. The lowest BCUT2D eigenvalue weighted by Gasteiger charge is -2.32. The van der Waals surface area contributed by atoms with Crippen LogP contribution in [0, 0.1) is 5.92 Å². The van der Waals surface area contributed by atoms with E-state index in [1.54, 1.807) is 20.3 Å². The summed E-state index contributed by atoms with van der Waals surface area (Å²) in [7, 11) is 3.43. The van der Waals surface area contributed by atoms with Crippen molar-refractivity contribution in [2.75, 3.05) is 33.9 Å². The maximum absolute atomic E-state index is 10.9. The molecule has 0 spiro atoms. The Hall–Kier alpha value is -1.39. The smallest absolute Gasteiger partial charge is 0.150 e. The first-order valence-corrected chi connectivity index (χ1v) is 7.10. The molecule has 1 atom stereocenters. The molecule has 1 saturated heterocycles. The van der Waals surface area contributed by atoms with E-state index in [1.165, 1.54) is 12.8 Å². The molecule has 0 bridgehead atoms. The van der Waals surface area contributed by atoms with Crippen LogP contribution in [-0.4, -0.2) is 45.1 Å². The van der Waals surface area contributed by atoms with Crippen molar-refractivity contribution in [3.8, 4) is 5.75 Å². The first-order chi connectivity index (χ1) is 9.76. The minimum atomic E-state index is 0.606. The lowest BCUT2D eigenvalue weighted by Crippen LogP contribution is -2.36. The Morgan fingerprint density at radius 2 is 2.25 bits per heavy atom. The Morgan fingerprint density at radius 1 is 1.40 bits per heavy atom. The first kappa shape index (κ1) is 15.0. The van der Waals surface area contributed by atoms with Crippen molar-refractivity contribution < 1.29 is 14.3 Å². The average molecular weight is 277 g/mol. The van der Waals surface area contributed by atoms with Crippen molar-refractivity contribution in [3.63, 3.8) is 0 Å². The molecule has 1 aromatic carbocycles. The summed E-state index contributed by atoms with van der Waals surface area (Å²) in [6.45, 7) is 3.78. The van der Waals surface area contributed by atoms with Crippen LogP contribution in [0.4, 0.5) is 0 Å². The summed E-state index contributed by atoms with van der Waals surface area (Å²) < 4.78 is 10.7. The van der Waals surface area contributed by atoms with Gasteiger partial charge in [-0.2, -0.15) is 0 Å². The average Bonchev–Trinajstić information content (AvgIpc) is 2.48. The lowest BCUT2D eigenvalue weighted by atomic mass is 9.98. The zero-order chi connectivity index (χ0) is 14.4. The van der Waals surface area contributed by atoms with Gasteiger partial charge in [0.05, 0.1) is 13.7 Å². The Kier molecular flexibility index (Phi) is 5.56. The van der Waals surface area contributed by atoms with Crippen LogP contribution < -0.4 is 4.74 Å². The van der Waals surface area contributed by atoms with Crippen LogP contribution in [0.2, 0.25) is 0 Å². The highest BCUT2D eigenvalue weighted by atomic mass is 16.5. The van der Waals surface area contributed by atoms with E-state index in [-0.39, 0.29) is 0 Å². The second kappa shape index (κ2) is 7.41. The third kappa shape index (κ3) is 3.81. The Balaban J connectivity index is 2.06. The number of hydrogen-bond acceptors (Lipinski definition) is 4. The summed E-state index contributed by atoms with van der Waals surface area (Å²) in [5.74, 6) is 1.46. The van der Waals surface area contributed by atoms with E-state index in [4.69, 9.17) is 9.47 Å². The van der Waals surface area contributed by atoms with E-state index in [9.17, 15) is 4.79 Å². The maximum atomic E-state index is 10.9. The highest BCUT2D eigenvalue weighted by Crippen LogP contribution is 2.24. The number of benzene rings is 1. The lowest BCUT2D eigenvalue weighted by molar-refractivity contribution is 0.0870. The molecule has 1 aliphatic rings. The van der Waals surface area contributed by atoms with Crippen molar-refractivity contribution in [1.29, 1.82) is 0 Å². The van der Waals surface area contributed by atoms with Gasteiger partial charge < -0.3 is 9.47 Å². The summed E-state index contributed by atoms with van der Waals surface area (Å²) in [4.78, 5) is 13.3. The topological polar surface area (TPSA) is 38.8 Å². The molecule has 0 amide bonds. The van der Waals surface area contributed by atoms with Gasteiger partial charge in [0.2, 0.25) is 0 Å². The van der Waals surface area contributed by atoms with E-state index in [0.717, 1.165) is 43.8 Å². The largest absolute Gasteiger partial charge is 0.496 e.